The molecule has 2 fully saturated rings. The summed E-state index contributed by atoms with van der Waals surface area (Å²) < 4.78 is 11.1. The molecule has 0 amide bonds. The Bertz CT molecular complexity index is 613. The lowest BCUT2D eigenvalue weighted by Crippen LogP contribution is -2.52. The number of rotatable bonds is 9. The van der Waals surface area contributed by atoms with Crippen LogP contribution < -0.4 is 10.6 Å². The molecule has 8 heteroatoms. The van der Waals surface area contributed by atoms with E-state index in [2.05, 4.69) is 56.8 Å². The van der Waals surface area contributed by atoms with Crippen molar-refractivity contribution >= 4 is 17.3 Å². The highest BCUT2D eigenvalue weighted by Crippen LogP contribution is 2.25. The third-order valence-corrected chi connectivity index (χ3v) is 6.83. The van der Waals surface area contributed by atoms with Gasteiger partial charge in [0.25, 0.3) is 0 Å². The third kappa shape index (κ3) is 7.20. The second-order valence-corrected chi connectivity index (χ2v) is 9.42. The molecule has 2 unspecified atom stereocenters. The molecule has 1 aromatic rings. The summed E-state index contributed by atoms with van der Waals surface area (Å²) >= 11 is 1.83. The molecule has 0 spiro atoms. The molecular formula is C22H39N5O2S. The van der Waals surface area contributed by atoms with Gasteiger partial charge in [-0.05, 0) is 23.8 Å². The molecule has 0 aliphatic carbocycles. The van der Waals surface area contributed by atoms with Gasteiger partial charge < -0.3 is 20.1 Å². The maximum Gasteiger partial charge on any atom is 0.191 e. The summed E-state index contributed by atoms with van der Waals surface area (Å²) in [6.45, 7) is 13.6. The summed E-state index contributed by atoms with van der Waals surface area (Å²) in [7, 11) is 1.86. The lowest BCUT2D eigenvalue weighted by atomic mass is 10.0. The van der Waals surface area contributed by atoms with E-state index in [1.54, 1.807) is 0 Å². The van der Waals surface area contributed by atoms with Gasteiger partial charge in [0.2, 0.25) is 0 Å². The van der Waals surface area contributed by atoms with E-state index in [1.807, 2.05) is 18.4 Å². The highest BCUT2D eigenvalue weighted by Gasteiger charge is 2.25. The molecule has 2 saturated heterocycles. The lowest BCUT2D eigenvalue weighted by molar-refractivity contribution is 0.0131. The van der Waals surface area contributed by atoms with Gasteiger partial charge in [0.15, 0.2) is 5.96 Å². The van der Waals surface area contributed by atoms with Crippen LogP contribution >= 0.6 is 11.3 Å². The minimum absolute atomic E-state index is 0.346. The first kappa shape index (κ1) is 23.5. The van der Waals surface area contributed by atoms with E-state index in [0.29, 0.717) is 18.0 Å². The number of hydrogen-bond acceptors (Lipinski definition) is 6. The van der Waals surface area contributed by atoms with Crippen LogP contribution in [0.3, 0.4) is 0 Å². The number of thiophene rings is 1. The molecule has 3 rings (SSSR count). The fourth-order valence-corrected chi connectivity index (χ4v) is 5.12. The Hall–Kier alpha value is -1.19. The quantitative estimate of drug-likeness (QED) is 0.455. The number of ether oxygens (including phenoxy) is 2. The molecule has 0 saturated carbocycles. The normalized spacial score (nSPS) is 21.5. The van der Waals surface area contributed by atoms with E-state index in [-0.39, 0.29) is 0 Å². The van der Waals surface area contributed by atoms with Gasteiger partial charge in [0.05, 0.1) is 32.5 Å². The fourth-order valence-electron chi connectivity index (χ4n) is 4.26. The molecule has 2 atom stereocenters. The Morgan fingerprint density at radius 3 is 2.23 bits per heavy atom. The summed E-state index contributed by atoms with van der Waals surface area (Å²) in [5, 5.41) is 9.34. The van der Waals surface area contributed by atoms with Crippen molar-refractivity contribution in [1.29, 1.82) is 0 Å². The minimum atomic E-state index is 0.346. The molecule has 3 heterocycles. The standard InChI is InChI=1S/C22H39N5O2S/c1-18(2)15-19(26-6-10-28-11-7-26)16-24-22(23-3)25-17-20(21-5-4-14-30-21)27-8-12-29-13-9-27/h4-5,14,18-20H,6-13,15-17H2,1-3H3,(H2,23,24,25). The zero-order chi connectivity index (χ0) is 21.2. The van der Waals surface area contributed by atoms with E-state index in [1.165, 1.54) is 11.3 Å². The van der Waals surface area contributed by atoms with Crippen LogP contribution in [0.1, 0.15) is 31.2 Å². The van der Waals surface area contributed by atoms with Crippen LogP contribution in [-0.2, 0) is 9.47 Å². The molecule has 1 aromatic heterocycles. The van der Waals surface area contributed by atoms with Crippen molar-refractivity contribution in [2.45, 2.75) is 32.4 Å². The Kier molecular flexibility index (Phi) is 9.87. The van der Waals surface area contributed by atoms with Crippen molar-refractivity contribution in [2.24, 2.45) is 10.9 Å². The molecule has 30 heavy (non-hydrogen) atoms. The first-order valence-electron chi connectivity index (χ1n) is 11.3. The molecule has 2 aliphatic heterocycles. The van der Waals surface area contributed by atoms with Gasteiger partial charge in [0.1, 0.15) is 0 Å². The Morgan fingerprint density at radius 1 is 1.03 bits per heavy atom. The first-order valence-corrected chi connectivity index (χ1v) is 12.2. The van der Waals surface area contributed by atoms with Crippen molar-refractivity contribution in [1.82, 2.24) is 20.4 Å². The van der Waals surface area contributed by atoms with Crippen molar-refractivity contribution in [2.75, 3.05) is 72.7 Å². The summed E-state index contributed by atoms with van der Waals surface area (Å²) in [5.74, 6) is 1.55. The summed E-state index contributed by atoms with van der Waals surface area (Å²) in [6, 6.07) is 5.22. The van der Waals surface area contributed by atoms with Gasteiger partial charge in [-0.25, -0.2) is 0 Å². The monoisotopic (exact) mass is 437 g/mol. The predicted molar refractivity (Wildman–Crippen MR) is 124 cm³/mol. The maximum atomic E-state index is 5.56. The minimum Gasteiger partial charge on any atom is -0.379 e. The first-order chi connectivity index (χ1) is 14.7. The Balaban J connectivity index is 1.55. The molecule has 2 aliphatic rings. The number of aliphatic imine (C=N–C) groups is 1. The molecular weight excluding hydrogens is 398 g/mol. The average Bonchev–Trinajstić information content (AvgIpc) is 3.31. The van der Waals surface area contributed by atoms with Crippen molar-refractivity contribution in [3.63, 3.8) is 0 Å². The van der Waals surface area contributed by atoms with Gasteiger partial charge in [-0.2, -0.15) is 0 Å². The van der Waals surface area contributed by atoms with Crippen molar-refractivity contribution in [3.8, 4) is 0 Å². The Morgan fingerprint density at radius 2 is 1.67 bits per heavy atom. The van der Waals surface area contributed by atoms with Gasteiger partial charge in [0, 0.05) is 57.2 Å². The number of guanidine groups is 1. The molecule has 2 N–H and O–H groups in total. The SMILES string of the molecule is CN=C(NCC(CC(C)C)N1CCOCC1)NCC(c1cccs1)N1CCOCC1. The second kappa shape index (κ2) is 12.6. The molecule has 7 nitrogen and oxygen atoms in total. The highest BCUT2D eigenvalue weighted by atomic mass is 32.1. The number of hydrogen-bond donors (Lipinski definition) is 2. The molecule has 170 valence electrons. The van der Waals surface area contributed by atoms with E-state index in [0.717, 1.165) is 71.7 Å². The van der Waals surface area contributed by atoms with E-state index in [9.17, 15) is 0 Å². The van der Waals surface area contributed by atoms with Crippen LogP contribution in [0.4, 0.5) is 0 Å². The predicted octanol–water partition coefficient (Wildman–Crippen LogP) is 2.03. The van der Waals surface area contributed by atoms with Crippen LogP contribution in [0.2, 0.25) is 0 Å². The average molecular weight is 438 g/mol. The van der Waals surface area contributed by atoms with Crippen LogP contribution in [0, 0.1) is 5.92 Å². The van der Waals surface area contributed by atoms with Crippen LogP contribution in [0.25, 0.3) is 0 Å². The molecule has 0 radical (unpaired) electrons. The number of morpholine rings is 2. The maximum absolute atomic E-state index is 5.56. The fraction of sp³-hybridized carbons (Fsp3) is 0.773. The van der Waals surface area contributed by atoms with Crippen molar-refractivity contribution in [3.05, 3.63) is 22.4 Å². The van der Waals surface area contributed by atoms with E-state index < -0.39 is 0 Å². The van der Waals surface area contributed by atoms with Crippen LogP contribution in [0.15, 0.2) is 22.5 Å². The second-order valence-electron chi connectivity index (χ2n) is 8.45. The van der Waals surface area contributed by atoms with Gasteiger partial charge in [-0.3, -0.25) is 14.8 Å². The van der Waals surface area contributed by atoms with Gasteiger partial charge in [-0.15, -0.1) is 11.3 Å². The third-order valence-electron chi connectivity index (χ3n) is 5.86. The van der Waals surface area contributed by atoms with Gasteiger partial charge in [-0.1, -0.05) is 19.9 Å². The summed E-state index contributed by atoms with van der Waals surface area (Å²) in [4.78, 5) is 11.0. The van der Waals surface area contributed by atoms with E-state index in [4.69, 9.17) is 9.47 Å². The van der Waals surface area contributed by atoms with E-state index >= 15 is 0 Å². The van der Waals surface area contributed by atoms with Crippen molar-refractivity contribution < 1.29 is 9.47 Å². The summed E-state index contributed by atoms with van der Waals surface area (Å²) in [6.07, 6.45) is 1.18. The zero-order valence-corrected chi connectivity index (χ0v) is 19.6. The summed E-state index contributed by atoms with van der Waals surface area (Å²) in [5.41, 5.74) is 0. The highest BCUT2D eigenvalue weighted by molar-refractivity contribution is 7.10. The topological polar surface area (TPSA) is 61.4 Å². The Labute approximate surface area is 185 Å². The smallest absolute Gasteiger partial charge is 0.191 e. The van der Waals surface area contributed by atoms with Crippen LogP contribution in [0.5, 0.6) is 0 Å². The lowest BCUT2D eigenvalue weighted by Gasteiger charge is -2.36. The number of nitrogens with zero attached hydrogens (tertiary/aromatic N) is 3. The largest absolute Gasteiger partial charge is 0.379 e. The van der Waals surface area contributed by atoms with Gasteiger partial charge >= 0.3 is 0 Å². The van der Waals surface area contributed by atoms with Crippen LogP contribution in [-0.4, -0.2) is 94.5 Å². The molecule has 0 bridgehead atoms. The molecule has 0 aromatic carbocycles. The zero-order valence-electron chi connectivity index (χ0n) is 18.8. The number of nitrogens with one attached hydrogen (secondary N) is 2.